The Bertz CT molecular complexity index is 577. The number of halogens is 1. The average molecular weight is 292 g/mol. The first-order valence-electron chi connectivity index (χ1n) is 7.20. The highest BCUT2D eigenvalue weighted by atomic mass is 19.1. The average Bonchev–Trinajstić information content (AvgIpc) is 2.36. The number of rotatable bonds is 4. The van der Waals surface area contributed by atoms with Gasteiger partial charge in [0.2, 0.25) is 0 Å². The lowest BCUT2D eigenvalue weighted by Crippen LogP contribution is -2.43. The van der Waals surface area contributed by atoms with Crippen LogP contribution in [0, 0.1) is 18.7 Å². The van der Waals surface area contributed by atoms with Crippen LogP contribution in [0.4, 0.5) is 4.39 Å². The van der Waals surface area contributed by atoms with Crippen molar-refractivity contribution in [1.82, 2.24) is 0 Å². The molecule has 1 aliphatic rings. The highest BCUT2D eigenvalue weighted by Gasteiger charge is 2.41. The molecule has 1 aromatic carbocycles. The fraction of sp³-hybridized carbons (Fsp3) is 0.471. The van der Waals surface area contributed by atoms with Gasteiger partial charge < -0.3 is 9.84 Å². The third-order valence-corrected chi connectivity index (χ3v) is 4.24. The Morgan fingerprint density at radius 1 is 1.43 bits per heavy atom. The van der Waals surface area contributed by atoms with Gasteiger partial charge in [0.25, 0.3) is 0 Å². The van der Waals surface area contributed by atoms with Crippen LogP contribution >= 0.6 is 0 Å². The van der Waals surface area contributed by atoms with Crippen molar-refractivity contribution in [3.05, 3.63) is 47.0 Å². The number of carbonyl (C=O) groups excluding carboxylic acids is 1. The van der Waals surface area contributed by atoms with Crippen molar-refractivity contribution < 1.29 is 19.0 Å². The molecule has 1 heterocycles. The summed E-state index contributed by atoms with van der Waals surface area (Å²) in [6.07, 6.45) is 2.73. The first-order valence-corrected chi connectivity index (χ1v) is 7.20. The van der Waals surface area contributed by atoms with Gasteiger partial charge in [-0.2, -0.15) is 0 Å². The van der Waals surface area contributed by atoms with Crippen LogP contribution in [0.2, 0.25) is 0 Å². The Hall–Kier alpha value is -1.84. The predicted molar refractivity (Wildman–Crippen MR) is 78.4 cm³/mol. The first-order chi connectivity index (χ1) is 9.82. The maximum Gasteiger partial charge on any atom is 0.334 e. The van der Waals surface area contributed by atoms with Gasteiger partial charge in [-0.05, 0) is 48.9 Å². The van der Waals surface area contributed by atoms with E-state index in [1.807, 2.05) is 20.8 Å². The van der Waals surface area contributed by atoms with Gasteiger partial charge in [0, 0.05) is 6.42 Å². The lowest BCUT2D eigenvalue weighted by atomic mass is 9.79. The van der Waals surface area contributed by atoms with Crippen LogP contribution in [0.15, 0.2) is 30.0 Å². The minimum Gasteiger partial charge on any atom is -0.512 e. The van der Waals surface area contributed by atoms with Gasteiger partial charge >= 0.3 is 5.97 Å². The molecule has 0 saturated carbocycles. The van der Waals surface area contributed by atoms with Gasteiger partial charge in [-0.3, -0.25) is 0 Å². The third-order valence-electron chi connectivity index (χ3n) is 4.24. The van der Waals surface area contributed by atoms with Crippen LogP contribution in [-0.4, -0.2) is 16.7 Å². The molecule has 0 amide bonds. The first kappa shape index (κ1) is 15.5. The van der Waals surface area contributed by atoms with Gasteiger partial charge in [-0.15, -0.1) is 0 Å². The number of benzene rings is 1. The summed E-state index contributed by atoms with van der Waals surface area (Å²) >= 11 is 0. The maximum atomic E-state index is 13.1. The van der Waals surface area contributed by atoms with Crippen molar-refractivity contribution in [3.8, 4) is 0 Å². The van der Waals surface area contributed by atoms with Crippen molar-refractivity contribution in [2.45, 2.75) is 45.6 Å². The number of cyclic esters (lactones) is 1. The number of ether oxygens (including phenoxy) is 1. The van der Waals surface area contributed by atoms with E-state index in [2.05, 4.69) is 0 Å². The fourth-order valence-electron chi connectivity index (χ4n) is 2.80. The molecule has 2 rings (SSSR count). The second-order valence-electron chi connectivity index (χ2n) is 6.02. The van der Waals surface area contributed by atoms with E-state index in [0.717, 1.165) is 17.2 Å². The van der Waals surface area contributed by atoms with Gasteiger partial charge in [0.15, 0.2) is 0 Å². The lowest BCUT2D eigenvalue weighted by Gasteiger charge is -2.39. The van der Waals surface area contributed by atoms with E-state index >= 15 is 0 Å². The zero-order valence-corrected chi connectivity index (χ0v) is 12.6. The number of aliphatic hydroxyl groups excluding tert-OH is 1. The van der Waals surface area contributed by atoms with Gasteiger partial charge in [0.05, 0.1) is 6.08 Å². The van der Waals surface area contributed by atoms with Gasteiger partial charge in [0.1, 0.15) is 17.2 Å². The smallest absolute Gasteiger partial charge is 0.334 e. The zero-order chi connectivity index (χ0) is 15.6. The molecule has 21 heavy (non-hydrogen) atoms. The van der Waals surface area contributed by atoms with E-state index in [1.54, 1.807) is 6.07 Å². The van der Waals surface area contributed by atoms with Crippen LogP contribution in [-0.2, 0) is 16.0 Å². The number of aryl methyl sites for hydroxylation is 2. The molecule has 0 radical (unpaired) electrons. The summed E-state index contributed by atoms with van der Waals surface area (Å²) in [4.78, 5) is 11.6. The summed E-state index contributed by atoms with van der Waals surface area (Å²) in [5, 5.41) is 9.76. The van der Waals surface area contributed by atoms with Gasteiger partial charge in [-0.25, -0.2) is 9.18 Å². The van der Waals surface area contributed by atoms with Crippen molar-refractivity contribution in [1.29, 1.82) is 0 Å². The standard InChI is InChI=1S/C17H21FO3/c1-11(2)17(10-15(19)9-16(20)21-17)7-6-13-4-5-14(18)8-12(13)3/h4-5,8-9,11,19H,6-7,10H2,1-3H3. The van der Waals surface area contributed by atoms with Crippen molar-refractivity contribution in [2.75, 3.05) is 0 Å². The SMILES string of the molecule is Cc1cc(F)ccc1CCC1(C(C)C)CC(O)=CC(=O)O1. The molecule has 3 nitrogen and oxygen atoms in total. The summed E-state index contributed by atoms with van der Waals surface area (Å²) in [6.45, 7) is 5.82. The van der Waals surface area contributed by atoms with Gasteiger partial charge in [-0.1, -0.05) is 19.9 Å². The molecule has 4 heteroatoms. The van der Waals surface area contributed by atoms with E-state index in [1.165, 1.54) is 12.1 Å². The van der Waals surface area contributed by atoms with E-state index < -0.39 is 11.6 Å². The number of esters is 1. The molecule has 114 valence electrons. The minimum atomic E-state index is -0.698. The number of hydrogen-bond donors (Lipinski definition) is 1. The molecule has 0 aromatic heterocycles. The van der Waals surface area contributed by atoms with E-state index in [9.17, 15) is 14.3 Å². The number of carbonyl (C=O) groups is 1. The molecule has 1 unspecified atom stereocenters. The molecule has 1 atom stereocenters. The third kappa shape index (κ3) is 3.43. The molecule has 0 saturated heterocycles. The monoisotopic (exact) mass is 292 g/mol. The highest BCUT2D eigenvalue weighted by molar-refractivity contribution is 5.83. The molecular weight excluding hydrogens is 271 g/mol. The van der Waals surface area contributed by atoms with E-state index in [-0.39, 0.29) is 17.5 Å². The molecule has 1 aromatic rings. The summed E-state index contributed by atoms with van der Waals surface area (Å²) < 4.78 is 18.7. The molecule has 0 fully saturated rings. The Morgan fingerprint density at radius 3 is 2.71 bits per heavy atom. The highest BCUT2D eigenvalue weighted by Crippen LogP contribution is 2.36. The molecular formula is C17H21FO3. The topological polar surface area (TPSA) is 46.5 Å². The Morgan fingerprint density at radius 2 is 2.14 bits per heavy atom. The fourth-order valence-corrected chi connectivity index (χ4v) is 2.80. The number of hydrogen-bond acceptors (Lipinski definition) is 3. The lowest BCUT2D eigenvalue weighted by molar-refractivity contribution is -0.163. The van der Waals surface area contributed by atoms with E-state index in [0.29, 0.717) is 19.3 Å². The summed E-state index contributed by atoms with van der Waals surface area (Å²) in [6, 6.07) is 4.70. The molecule has 0 spiro atoms. The van der Waals surface area contributed by atoms with Crippen LogP contribution in [0.1, 0.15) is 37.8 Å². The minimum absolute atomic E-state index is 0.0655. The molecule has 0 bridgehead atoms. The van der Waals surface area contributed by atoms with Crippen LogP contribution < -0.4 is 0 Å². The van der Waals surface area contributed by atoms with E-state index in [4.69, 9.17) is 4.74 Å². The second kappa shape index (κ2) is 5.88. The molecule has 0 aliphatic carbocycles. The van der Waals surface area contributed by atoms with Crippen molar-refractivity contribution >= 4 is 5.97 Å². The predicted octanol–water partition coefficient (Wildman–Crippen LogP) is 3.85. The molecule has 1 N–H and O–H groups in total. The Kier molecular flexibility index (Phi) is 4.35. The quantitative estimate of drug-likeness (QED) is 0.857. The zero-order valence-electron chi connectivity index (χ0n) is 12.6. The normalized spacial score (nSPS) is 22.1. The van der Waals surface area contributed by atoms with Crippen LogP contribution in [0.3, 0.4) is 0 Å². The summed E-state index contributed by atoms with van der Waals surface area (Å²) in [5.74, 6) is -0.600. The number of aliphatic hydroxyl groups is 1. The second-order valence-corrected chi connectivity index (χ2v) is 6.02. The molecule has 1 aliphatic heterocycles. The Labute approximate surface area is 124 Å². The van der Waals surface area contributed by atoms with Crippen molar-refractivity contribution in [2.24, 2.45) is 5.92 Å². The van der Waals surface area contributed by atoms with Crippen LogP contribution in [0.5, 0.6) is 0 Å². The van der Waals surface area contributed by atoms with Crippen LogP contribution in [0.25, 0.3) is 0 Å². The Balaban J connectivity index is 2.18. The summed E-state index contributed by atoms with van der Waals surface area (Å²) in [7, 11) is 0. The summed E-state index contributed by atoms with van der Waals surface area (Å²) in [5.41, 5.74) is 1.22. The largest absolute Gasteiger partial charge is 0.512 e. The van der Waals surface area contributed by atoms with Crippen molar-refractivity contribution in [3.63, 3.8) is 0 Å². The maximum absolute atomic E-state index is 13.1.